The molecule has 0 N–H and O–H groups in total. The normalized spacial score (nSPS) is 11.6. The number of sulfonamides is 1. The molecule has 162 valence electrons. The van der Waals surface area contributed by atoms with Crippen LogP contribution in [0.4, 0.5) is 5.69 Å². The molecular weight excluding hydrogens is 428 g/mol. The van der Waals surface area contributed by atoms with Gasteiger partial charge in [-0.3, -0.25) is 10.1 Å². The zero-order valence-corrected chi connectivity index (χ0v) is 18.0. The SMILES string of the molecule is CN(Cc1cn(-c2ccccc2)nc1-c1ccccc1)S(=O)(=O)c1ccc([N+](=O)[O-])cc1. The van der Waals surface area contributed by atoms with Crippen molar-refractivity contribution in [2.45, 2.75) is 11.4 Å². The van der Waals surface area contributed by atoms with Gasteiger partial charge in [0.1, 0.15) is 0 Å². The Morgan fingerprint density at radius 2 is 1.53 bits per heavy atom. The number of rotatable bonds is 7. The summed E-state index contributed by atoms with van der Waals surface area (Å²) in [5.74, 6) is 0. The van der Waals surface area contributed by atoms with Crippen molar-refractivity contribution < 1.29 is 13.3 Å². The first kappa shape index (κ1) is 21.4. The number of aromatic nitrogens is 2. The van der Waals surface area contributed by atoms with Gasteiger partial charge in [-0.1, -0.05) is 48.5 Å². The summed E-state index contributed by atoms with van der Waals surface area (Å²) in [6.07, 6.45) is 1.82. The zero-order valence-electron chi connectivity index (χ0n) is 17.2. The minimum Gasteiger partial charge on any atom is -0.258 e. The Kier molecular flexibility index (Phi) is 5.85. The van der Waals surface area contributed by atoms with Gasteiger partial charge in [-0.25, -0.2) is 13.1 Å². The van der Waals surface area contributed by atoms with E-state index in [4.69, 9.17) is 5.10 Å². The van der Waals surface area contributed by atoms with E-state index in [1.165, 1.54) is 35.6 Å². The van der Waals surface area contributed by atoms with E-state index >= 15 is 0 Å². The minimum atomic E-state index is -3.86. The van der Waals surface area contributed by atoms with Crippen molar-refractivity contribution in [2.75, 3.05) is 7.05 Å². The number of non-ortho nitro benzene ring substituents is 1. The second-order valence-electron chi connectivity index (χ2n) is 7.16. The molecule has 3 aromatic carbocycles. The van der Waals surface area contributed by atoms with E-state index in [0.717, 1.165) is 16.8 Å². The van der Waals surface area contributed by atoms with E-state index in [2.05, 4.69) is 0 Å². The maximum atomic E-state index is 13.1. The lowest BCUT2D eigenvalue weighted by Crippen LogP contribution is -2.26. The first-order valence-electron chi connectivity index (χ1n) is 9.76. The molecule has 9 heteroatoms. The van der Waals surface area contributed by atoms with Crippen LogP contribution in [-0.4, -0.2) is 34.5 Å². The van der Waals surface area contributed by atoms with E-state index in [9.17, 15) is 18.5 Å². The molecule has 0 radical (unpaired) electrons. The molecule has 1 aromatic heterocycles. The van der Waals surface area contributed by atoms with Gasteiger partial charge in [0.05, 0.1) is 21.2 Å². The second kappa shape index (κ2) is 8.74. The van der Waals surface area contributed by atoms with Crippen molar-refractivity contribution in [2.24, 2.45) is 0 Å². The Balaban J connectivity index is 1.69. The average molecular weight is 449 g/mol. The van der Waals surface area contributed by atoms with Crippen LogP contribution in [0.3, 0.4) is 0 Å². The molecule has 0 bridgehead atoms. The van der Waals surface area contributed by atoms with Crippen molar-refractivity contribution in [1.29, 1.82) is 0 Å². The summed E-state index contributed by atoms with van der Waals surface area (Å²) < 4.78 is 29.1. The first-order chi connectivity index (χ1) is 15.4. The van der Waals surface area contributed by atoms with Gasteiger partial charge < -0.3 is 0 Å². The predicted molar refractivity (Wildman–Crippen MR) is 121 cm³/mol. The van der Waals surface area contributed by atoms with Crippen molar-refractivity contribution in [3.63, 3.8) is 0 Å². The molecule has 0 aliphatic rings. The van der Waals surface area contributed by atoms with Gasteiger partial charge in [0.2, 0.25) is 10.0 Å². The van der Waals surface area contributed by atoms with E-state index < -0.39 is 14.9 Å². The fourth-order valence-electron chi connectivity index (χ4n) is 3.32. The minimum absolute atomic E-state index is 0.0117. The van der Waals surface area contributed by atoms with Crippen LogP contribution < -0.4 is 0 Å². The number of nitro groups is 1. The Morgan fingerprint density at radius 1 is 0.938 bits per heavy atom. The van der Waals surface area contributed by atoms with Crippen LogP contribution in [0, 0.1) is 10.1 Å². The van der Waals surface area contributed by atoms with Gasteiger partial charge in [0, 0.05) is 43.0 Å². The van der Waals surface area contributed by atoms with Gasteiger partial charge in [-0.05, 0) is 24.3 Å². The second-order valence-corrected chi connectivity index (χ2v) is 9.21. The van der Waals surface area contributed by atoms with Crippen LogP contribution in [0.15, 0.2) is 96.0 Å². The lowest BCUT2D eigenvalue weighted by molar-refractivity contribution is -0.384. The Labute approximate surface area is 185 Å². The van der Waals surface area contributed by atoms with Crippen molar-refractivity contribution in [1.82, 2.24) is 14.1 Å². The van der Waals surface area contributed by atoms with Crippen LogP contribution in [-0.2, 0) is 16.6 Å². The molecule has 0 unspecified atom stereocenters. The molecular formula is C23H20N4O4S. The fraction of sp³-hybridized carbons (Fsp3) is 0.0870. The monoisotopic (exact) mass is 448 g/mol. The molecule has 1 heterocycles. The highest BCUT2D eigenvalue weighted by molar-refractivity contribution is 7.89. The summed E-state index contributed by atoms with van der Waals surface area (Å²) in [4.78, 5) is 10.3. The first-order valence-corrected chi connectivity index (χ1v) is 11.2. The lowest BCUT2D eigenvalue weighted by Gasteiger charge is -2.17. The van der Waals surface area contributed by atoms with Crippen molar-refractivity contribution in [3.05, 3.63) is 107 Å². The van der Waals surface area contributed by atoms with E-state index in [1.807, 2.05) is 66.9 Å². The van der Waals surface area contributed by atoms with E-state index in [1.54, 1.807) is 4.68 Å². The molecule has 4 rings (SSSR count). The van der Waals surface area contributed by atoms with Gasteiger partial charge >= 0.3 is 0 Å². The number of para-hydroxylation sites is 1. The molecule has 0 spiro atoms. The summed E-state index contributed by atoms with van der Waals surface area (Å²) in [7, 11) is -2.38. The lowest BCUT2D eigenvalue weighted by atomic mass is 10.1. The molecule has 0 amide bonds. The summed E-state index contributed by atoms with van der Waals surface area (Å²) >= 11 is 0. The van der Waals surface area contributed by atoms with Gasteiger partial charge in [0.25, 0.3) is 5.69 Å². The Bertz CT molecular complexity index is 1340. The molecule has 0 fully saturated rings. The van der Waals surface area contributed by atoms with Gasteiger partial charge in [-0.2, -0.15) is 9.40 Å². The van der Waals surface area contributed by atoms with Crippen LogP contribution >= 0.6 is 0 Å². The highest BCUT2D eigenvalue weighted by atomic mass is 32.2. The van der Waals surface area contributed by atoms with Crippen molar-refractivity contribution >= 4 is 15.7 Å². The smallest absolute Gasteiger partial charge is 0.258 e. The Hall–Kier alpha value is -3.82. The molecule has 0 aliphatic heterocycles. The molecule has 0 aliphatic carbocycles. The fourth-order valence-corrected chi connectivity index (χ4v) is 4.47. The maximum absolute atomic E-state index is 13.1. The van der Waals surface area contributed by atoms with Gasteiger partial charge in [-0.15, -0.1) is 0 Å². The quantitative estimate of drug-likeness (QED) is 0.311. The van der Waals surface area contributed by atoms with Gasteiger partial charge in [0.15, 0.2) is 0 Å². The standard InChI is InChI=1S/C23H20N4O4S/c1-25(32(30,31)22-14-12-21(13-15-22)27(28)29)16-19-17-26(20-10-6-3-7-11-20)24-23(19)18-8-4-2-5-9-18/h2-15,17H,16H2,1H3. The highest BCUT2D eigenvalue weighted by Crippen LogP contribution is 2.27. The van der Waals surface area contributed by atoms with Crippen LogP contribution in [0.2, 0.25) is 0 Å². The number of nitro benzene ring substituents is 1. The third-order valence-electron chi connectivity index (χ3n) is 5.01. The topological polar surface area (TPSA) is 98.3 Å². The van der Waals surface area contributed by atoms with Crippen LogP contribution in [0.1, 0.15) is 5.56 Å². The molecule has 0 saturated heterocycles. The van der Waals surface area contributed by atoms with E-state index in [0.29, 0.717) is 5.69 Å². The zero-order chi connectivity index (χ0) is 22.7. The summed E-state index contributed by atoms with van der Waals surface area (Å²) in [5.41, 5.74) is 2.98. The number of benzene rings is 3. The molecule has 0 atom stereocenters. The van der Waals surface area contributed by atoms with Crippen LogP contribution in [0.5, 0.6) is 0 Å². The summed E-state index contributed by atoms with van der Waals surface area (Å²) in [6.45, 7) is 0.0797. The van der Waals surface area contributed by atoms with Crippen molar-refractivity contribution in [3.8, 4) is 16.9 Å². The summed E-state index contributed by atoms with van der Waals surface area (Å²) in [5, 5.41) is 15.6. The molecule has 4 aromatic rings. The molecule has 8 nitrogen and oxygen atoms in total. The summed E-state index contributed by atoms with van der Waals surface area (Å²) in [6, 6.07) is 24.0. The molecule has 0 saturated carbocycles. The largest absolute Gasteiger partial charge is 0.269 e. The van der Waals surface area contributed by atoms with Crippen LogP contribution in [0.25, 0.3) is 16.9 Å². The average Bonchev–Trinajstić information content (AvgIpc) is 3.24. The molecule has 32 heavy (non-hydrogen) atoms. The predicted octanol–water partition coefficient (Wildman–Crippen LogP) is 4.27. The van der Waals surface area contributed by atoms with E-state index in [-0.39, 0.29) is 17.1 Å². The third-order valence-corrected chi connectivity index (χ3v) is 6.82. The number of hydrogen-bond acceptors (Lipinski definition) is 5. The Morgan fingerprint density at radius 3 is 2.12 bits per heavy atom. The number of nitrogens with zero attached hydrogens (tertiary/aromatic N) is 4. The maximum Gasteiger partial charge on any atom is 0.269 e. The number of hydrogen-bond donors (Lipinski definition) is 0. The highest BCUT2D eigenvalue weighted by Gasteiger charge is 2.24. The third kappa shape index (κ3) is 4.29.